The summed E-state index contributed by atoms with van der Waals surface area (Å²) in [6.07, 6.45) is 0. The Hall–Kier alpha value is -1.91. The molecule has 1 aromatic carbocycles. The van der Waals surface area contributed by atoms with Crippen molar-refractivity contribution in [3.8, 4) is 11.5 Å². The van der Waals surface area contributed by atoms with Crippen LogP contribution in [0.4, 0.5) is 0 Å². The van der Waals surface area contributed by atoms with Gasteiger partial charge in [-0.3, -0.25) is 4.99 Å². The summed E-state index contributed by atoms with van der Waals surface area (Å²) < 4.78 is 10.5. The number of nitrogens with zero attached hydrogens (tertiary/aromatic N) is 1. The minimum atomic E-state index is -0.177. The minimum Gasteiger partial charge on any atom is -0.493 e. The summed E-state index contributed by atoms with van der Waals surface area (Å²) in [7, 11) is 3.23. The summed E-state index contributed by atoms with van der Waals surface area (Å²) in [5.41, 5.74) is 11.6. The van der Waals surface area contributed by atoms with Crippen LogP contribution in [-0.2, 0) is 5.41 Å². The Balaban J connectivity index is 3.05. The van der Waals surface area contributed by atoms with Gasteiger partial charge in [0, 0.05) is 5.41 Å². The van der Waals surface area contributed by atoms with Crippen LogP contribution in [0.15, 0.2) is 23.2 Å². The van der Waals surface area contributed by atoms with E-state index in [1.807, 2.05) is 18.2 Å². The van der Waals surface area contributed by atoms with E-state index in [1.165, 1.54) is 0 Å². The Labute approximate surface area is 108 Å². The molecule has 0 saturated carbocycles. The van der Waals surface area contributed by atoms with Crippen molar-refractivity contribution < 1.29 is 9.47 Å². The van der Waals surface area contributed by atoms with Gasteiger partial charge in [-0.25, -0.2) is 0 Å². The molecular formula is C13H21N3O2. The van der Waals surface area contributed by atoms with Crippen LogP contribution in [0.2, 0.25) is 0 Å². The first-order valence-electron chi connectivity index (χ1n) is 5.68. The smallest absolute Gasteiger partial charge is 0.185 e. The van der Waals surface area contributed by atoms with Crippen LogP contribution in [0.5, 0.6) is 11.5 Å². The van der Waals surface area contributed by atoms with Gasteiger partial charge in [0.2, 0.25) is 0 Å². The highest BCUT2D eigenvalue weighted by atomic mass is 16.5. The summed E-state index contributed by atoms with van der Waals surface area (Å²) in [6, 6.07) is 5.82. The molecule has 0 bridgehead atoms. The fraction of sp³-hybridized carbons (Fsp3) is 0.462. The zero-order valence-electron chi connectivity index (χ0n) is 11.4. The standard InChI is InChI=1S/C13H21N3O2/c1-13(2,8-16-12(14)15)9-5-6-10(17-3)11(7-9)18-4/h5-7H,8H2,1-4H3,(H4,14,15,16). The monoisotopic (exact) mass is 251 g/mol. The third-order valence-electron chi connectivity index (χ3n) is 2.82. The Morgan fingerprint density at radius 1 is 1.17 bits per heavy atom. The molecule has 100 valence electrons. The number of guanidine groups is 1. The number of methoxy groups -OCH3 is 2. The largest absolute Gasteiger partial charge is 0.493 e. The third-order valence-corrected chi connectivity index (χ3v) is 2.82. The van der Waals surface area contributed by atoms with E-state index in [-0.39, 0.29) is 11.4 Å². The maximum atomic E-state index is 5.36. The molecule has 0 heterocycles. The molecule has 0 atom stereocenters. The van der Waals surface area contributed by atoms with Crippen LogP contribution in [0.25, 0.3) is 0 Å². The summed E-state index contributed by atoms with van der Waals surface area (Å²) in [6.45, 7) is 4.66. The zero-order valence-corrected chi connectivity index (χ0v) is 11.4. The van der Waals surface area contributed by atoms with Crippen LogP contribution < -0.4 is 20.9 Å². The Kier molecular flexibility index (Phi) is 4.42. The SMILES string of the molecule is COc1ccc(C(C)(C)CN=C(N)N)cc1OC. The molecule has 18 heavy (non-hydrogen) atoms. The van der Waals surface area contributed by atoms with E-state index in [9.17, 15) is 0 Å². The second-order valence-corrected chi connectivity index (χ2v) is 4.69. The molecule has 5 nitrogen and oxygen atoms in total. The van der Waals surface area contributed by atoms with Gasteiger partial charge in [-0.15, -0.1) is 0 Å². The first-order valence-corrected chi connectivity index (χ1v) is 5.68. The van der Waals surface area contributed by atoms with Crippen LogP contribution in [-0.4, -0.2) is 26.7 Å². The van der Waals surface area contributed by atoms with E-state index in [0.717, 1.165) is 5.56 Å². The number of aliphatic imine (C=N–C) groups is 1. The van der Waals surface area contributed by atoms with Crippen molar-refractivity contribution in [2.75, 3.05) is 20.8 Å². The Morgan fingerprint density at radius 2 is 1.78 bits per heavy atom. The molecule has 0 amide bonds. The molecule has 1 rings (SSSR count). The number of nitrogens with two attached hydrogens (primary N) is 2. The highest BCUT2D eigenvalue weighted by molar-refractivity contribution is 5.75. The van der Waals surface area contributed by atoms with E-state index in [4.69, 9.17) is 20.9 Å². The highest BCUT2D eigenvalue weighted by Crippen LogP contribution is 2.33. The average molecular weight is 251 g/mol. The molecule has 5 heteroatoms. The van der Waals surface area contributed by atoms with E-state index in [1.54, 1.807) is 14.2 Å². The van der Waals surface area contributed by atoms with Gasteiger partial charge in [0.1, 0.15) is 0 Å². The van der Waals surface area contributed by atoms with E-state index in [2.05, 4.69) is 18.8 Å². The molecule has 4 N–H and O–H groups in total. The molecule has 0 radical (unpaired) electrons. The predicted molar refractivity (Wildman–Crippen MR) is 73.2 cm³/mol. The molecule has 0 saturated heterocycles. The second kappa shape index (κ2) is 5.62. The van der Waals surface area contributed by atoms with Gasteiger partial charge in [0.25, 0.3) is 0 Å². The number of hydrogen-bond donors (Lipinski definition) is 2. The van der Waals surface area contributed by atoms with Crippen molar-refractivity contribution in [1.29, 1.82) is 0 Å². The van der Waals surface area contributed by atoms with Gasteiger partial charge in [-0.2, -0.15) is 0 Å². The first kappa shape index (κ1) is 14.2. The van der Waals surface area contributed by atoms with Crippen molar-refractivity contribution >= 4 is 5.96 Å². The number of rotatable bonds is 5. The predicted octanol–water partition coefficient (Wildman–Crippen LogP) is 1.25. The summed E-state index contributed by atoms with van der Waals surface area (Å²) in [5.74, 6) is 1.51. The molecule has 1 aromatic rings. The number of hydrogen-bond acceptors (Lipinski definition) is 3. The van der Waals surface area contributed by atoms with Crippen molar-refractivity contribution in [2.24, 2.45) is 16.5 Å². The molecule has 0 aromatic heterocycles. The first-order chi connectivity index (χ1) is 8.40. The van der Waals surface area contributed by atoms with Crippen LogP contribution in [0.3, 0.4) is 0 Å². The average Bonchev–Trinajstić information content (AvgIpc) is 2.35. The lowest BCUT2D eigenvalue weighted by Gasteiger charge is -2.24. The summed E-state index contributed by atoms with van der Waals surface area (Å²) >= 11 is 0. The third kappa shape index (κ3) is 3.29. The van der Waals surface area contributed by atoms with E-state index >= 15 is 0 Å². The maximum absolute atomic E-state index is 5.36. The summed E-state index contributed by atoms with van der Waals surface area (Å²) in [5, 5.41) is 0. The quantitative estimate of drug-likeness (QED) is 0.609. The fourth-order valence-corrected chi connectivity index (χ4v) is 1.64. The lowest BCUT2D eigenvalue weighted by Crippen LogP contribution is -2.28. The molecule has 0 aliphatic rings. The van der Waals surface area contributed by atoms with Crippen LogP contribution in [0, 0.1) is 0 Å². The number of ether oxygens (including phenoxy) is 2. The molecule has 0 unspecified atom stereocenters. The van der Waals surface area contributed by atoms with Gasteiger partial charge in [-0.05, 0) is 17.7 Å². The lowest BCUT2D eigenvalue weighted by atomic mass is 9.84. The maximum Gasteiger partial charge on any atom is 0.185 e. The Bertz CT molecular complexity index is 438. The van der Waals surface area contributed by atoms with Crippen molar-refractivity contribution in [2.45, 2.75) is 19.3 Å². The van der Waals surface area contributed by atoms with Gasteiger partial charge in [-0.1, -0.05) is 19.9 Å². The molecule has 0 spiro atoms. The summed E-state index contributed by atoms with van der Waals surface area (Å²) in [4.78, 5) is 4.07. The van der Waals surface area contributed by atoms with Crippen LogP contribution >= 0.6 is 0 Å². The number of benzene rings is 1. The molecular weight excluding hydrogens is 230 g/mol. The van der Waals surface area contributed by atoms with Gasteiger partial charge in [0.15, 0.2) is 17.5 Å². The van der Waals surface area contributed by atoms with Crippen molar-refractivity contribution in [3.05, 3.63) is 23.8 Å². The van der Waals surface area contributed by atoms with Gasteiger partial charge < -0.3 is 20.9 Å². The lowest BCUT2D eigenvalue weighted by molar-refractivity contribution is 0.353. The second-order valence-electron chi connectivity index (χ2n) is 4.69. The fourth-order valence-electron chi connectivity index (χ4n) is 1.64. The van der Waals surface area contributed by atoms with E-state index < -0.39 is 0 Å². The van der Waals surface area contributed by atoms with E-state index in [0.29, 0.717) is 18.0 Å². The van der Waals surface area contributed by atoms with Gasteiger partial charge >= 0.3 is 0 Å². The minimum absolute atomic E-state index is 0.101. The van der Waals surface area contributed by atoms with Crippen LogP contribution in [0.1, 0.15) is 19.4 Å². The van der Waals surface area contributed by atoms with Gasteiger partial charge in [0.05, 0.1) is 20.8 Å². The zero-order chi connectivity index (χ0) is 13.8. The Morgan fingerprint density at radius 3 is 2.28 bits per heavy atom. The topological polar surface area (TPSA) is 82.9 Å². The molecule has 0 fully saturated rings. The normalized spacial score (nSPS) is 10.9. The highest BCUT2D eigenvalue weighted by Gasteiger charge is 2.22. The van der Waals surface area contributed by atoms with Crippen molar-refractivity contribution in [1.82, 2.24) is 0 Å². The molecule has 0 aliphatic carbocycles. The molecule has 0 aliphatic heterocycles. The van der Waals surface area contributed by atoms with Crippen molar-refractivity contribution in [3.63, 3.8) is 0 Å².